The molecule has 1 heterocycles. The van der Waals surface area contributed by atoms with Gasteiger partial charge in [0.2, 0.25) is 10.0 Å². The molecule has 5 rings (SSSR count). The Morgan fingerprint density at radius 1 is 1.17 bits per heavy atom. The minimum atomic E-state index is -3.61. The van der Waals surface area contributed by atoms with Crippen molar-refractivity contribution in [2.75, 3.05) is 5.75 Å². The highest BCUT2D eigenvalue weighted by atomic mass is 32.2. The van der Waals surface area contributed by atoms with Gasteiger partial charge in [-0.05, 0) is 67.7 Å². The van der Waals surface area contributed by atoms with Crippen LogP contribution in [0.5, 0.6) is 0 Å². The number of sulfonamides is 1. The van der Waals surface area contributed by atoms with Gasteiger partial charge < -0.3 is 10.0 Å². The Bertz CT molecular complexity index is 1250. The van der Waals surface area contributed by atoms with E-state index in [1.54, 1.807) is 11.0 Å². The van der Waals surface area contributed by atoms with E-state index in [0.29, 0.717) is 12.5 Å². The van der Waals surface area contributed by atoms with E-state index in [1.165, 1.54) is 19.1 Å². The molecule has 2 saturated carbocycles. The van der Waals surface area contributed by atoms with E-state index in [9.17, 15) is 27.1 Å². The van der Waals surface area contributed by atoms with Crippen molar-refractivity contribution in [1.29, 1.82) is 0 Å². The largest absolute Gasteiger partial charge is 0.383 e. The highest BCUT2D eigenvalue weighted by Gasteiger charge is 2.62. The van der Waals surface area contributed by atoms with Gasteiger partial charge in [0, 0.05) is 23.7 Å². The second kappa shape index (κ2) is 8.90. The first kappa shape index (κ1) is 24.3. The van der Waals surface area contributed by atoms with Crippen LogP contribution in [-0.2, 0) is 21.2 Å². The number of piperidine rings is 1. The van der Waals surface area contributed by atoms with Crippen LogP contribution in [0.1, 0.15) is 31.7 Å². The molecule has 2 aliphatic carbocycles. The summed E-state index contributed by atoms with van der Waals surface area (Å²) in [6, 6.07) is 5.74. The molecule has 35 heavy (non-hydrogen) atoms. The van der Waals surface area contributed by atoms with E-state index in [1.807, 2.05) is 0 Å². The van der Waals surface area contributed by atoms with Crippen LogP contribution < -0.4 is 4.72 Å². The van der Waals surface area contributed by atoms with E-state index in [-0.39, 0.29) is 46.7 Å². The first-order valence-electron chi connectivity index (χ1n) is 11.8. The number of amides is 1. The zero-order valence-corrected chi connectivity index (χ0v) is 19.9. The predicted octanol–water partition coefficient (Wildman–Crippen LogP) is 2.99. The molecule has 2 aromatic carbocycles. The van der Waals surface area contributed by atoms with Crippen LogP contribution in [0.4, 0.5) is 13.2 Å². The van der Waals surface area contributed by atoms with Crippen LogP contribution >= 0.6 is 0 Å². The normalized spacial score (nSPS) is 26.5. The second-order valence-electron chi connectivity index (χ2n) is 9.75. The number of fused-ring (bicyclic) bond motifs is 1. The number of halogens is 3. The molecule has 5 atom stereocenters. The minimum absolute atomic E-state index is 0.00522. The van der Waals surface area contributed by atoms with E-state index in [0.717, 1.165) is 25.0 Å². The van der Waals surface area contributed by atoms with Crippen molar-refractivity contribution in [3.8, 4) is 11.1 Å². The quantitative estimate of drug-likeness (QED) is 0.574. The minimum Gasteiger partial charge on any atom is -0.383 e. The lowest BCUT2D eigenvalue weighted by Crippen LogP contribution is -2.53. The summed E-state index contributed by atoms with van der Waals surface area (Å²) in [5.41, 5.74) is 0.236. The van der Waals surface area contributed by atoms with Gasteiger partial charge >= 0.3 is 0 Å². The summed E-state index contributed by atoms with van der Waals surface area (Å²) in [6.07, 6.45) is 0.955. The summed E-state index contributed by atoms with van der Waals surface area (Å²) in [7, 11) is -3.61. The number of hydrogen-bond donors (Lipinski definition) is 2. The lowest BCUT2D eigenvalue weighted by molar-refractivity contribution is -0.143. The highest BCUT2D eigenvalue weighted by Crippen LogP contribution is 2.50. The average Bonchev–Trinajstić information content (AvgIpc) is 3.72. The number of aliphatic hydroxyl groups excluding tert-OH is 1. The smallest absolute Gasteiger partial charge is 0.252 e. The third-order valence-corrected chi connectivity index (χ3v) is 8.74. The average molecular weight is 509 g/mol. The molecule has 1 aliphatic heterocycles. The van der Waals surface area contributed by atoms with Crippen LogP contribution in [0.25, 0.3) is 11.1 Å². The van der Waals surface area contributed by atoms with Crippen molar-refractivity contribution in [3.05, 3.63) is 59.4 Å². The monoisotopic (exact) mass is 508 g/mol. The summed E-state index contributed by atoms with van der Waals surface area (Å²) in [6.45, 7) is 1.51. The van der Waals surface area contributed by atoms with Crippen molar-refractivity contribution in [2.45, 2.75) is 56.8 Å². The molecule has 2 N–H and O–H groups in total. The van der Waals surface area contributed by atoms with Gasteiger partial charge in [0.05, 0.1) is 11.8 Å². The number of carbonyl (C=O) groups excluding carboxylic acids is 1. The first-order chi connectivity index (χ1) is 16.6. The molecule has 1 saturated heterocycles. The van der Waals surface area contributed by atoms with Crippen molar-refractivity contribution >= 4 is 15.9 Å². The van der Waals surface area contributed by atoms with Gasteiger partial charge in [-0.3, -0.25) is 4.79 Å². The molecule has 1 amide bonds. The molecule has 3 aliphatic rings. The van der Waals surface area contributed by atoms with Crippen molar-refractivity contribution in [2.24, 2.45) is 11.8 Å². The molecular weight excluding hydrogens is 481 g/mol. The number of nitrogens with one attached hydrogen (secondary N) is 1. The topological polar surface area (TPSA) is 86.7 Å². The molecule has 188 valence electrons. The molecule has 6 nitrogen and oxygen atoms in total. The van der Waals surface area contributed by atoms with Crippen LogP contribution in [0.3, 0.4) is 0 Å². The third-order valence-electron chi connectivity index (χ3n) is 7.35. The molecule has 0 aromatic heterocycles. The third kappa shape index (κ3) is 4.71. The van der Waals surface area contributed by atoms with E-state index in [4.69, 9.17) is 0 Å². The number of benzene rings is 2. The van der Waals surface area contributed by atoms with E-state index >= 15 is 4.39 Å². The maximum Gasteiger partial charge on any atom is 0.252 e. The van der Waals surface area contributed by atoms with Crippen molar-refractivity contribution < 1.29 is 31.5 Å². The van der Waals surface area contributed by atoms with Gasteiger partial charge in [0.1, 0.15) is 23.6 Å². The SMILES string of the molecule is CCS(=O)(=O)NC1C2CC2N(C(=O)[C@@H](O)C2CC2)C1Cc1cccc(-c2cc(F)cc(F)c2)c1F. The number of rotatable bonds is 8. The predicted molar refractivity (Wildman–Crippen MR) is 123 cm³/mol. The second-order valence-corrected chi connectivity index (χ2v) is 11.8. The summed E-state index contributed by atoms with van der Waals surface area (Å²) >= 11 is 0. The zero-order valence-electron chi connectivity index (χ0n) is 19.1. The van der Waals surface area contributed by atoms with Gasteiger partial charge in [-0.2, -0.15) is 0 Å². The lowest BCUT2D eigenvalue weighted by atomic mass is 9.94. The Balaban J connectivity index is 1.49. The Morgan fingerprint density at radius 2 is 1.86 bits per heavy atom. The molecule has 0 radical (unpaired) electrons. The van der Waals surface area contributed by atoms with Gasteiger partial charge in [-0.25, -0.2) is 26.3 Å². The molecule has 10 heteroatoms. The van der Waals surface area contributed by atoms with Gasteiger partial charge in [0.15, 0.2) is 0 Å². The Kier molecular flexibility index (Phi) is 6.17. The number of likely N-dealkylation sites (tertiary alicyclic amines) is 1. The molecule has 4 unspecified atom stereocenters. The standard InChI is InChI=1S/C25H27F3N2O4S/c1-2-35(33,34)29-23-19-12-20(19)30(25(32)24(31)13-6-7-13)21(23)10-14-4-3-5-18(22(14)28)15-8-16(26)11-17(27)9-15/h3-5,8-9,11,13,19-21,23-24,29,31H,2,6-7,10,12H2,1H3/t19?,20?,21?,23?,24-/m0/s1. The molecule has 0 spiro atoms. The molecular formula is C25H27F3N2O4S. The Hall–Kier alpha value is -2.43. The Morgan fingerprint density at radius 3 is 2.49 bits per heavy atom. The number of hydrogen-bond acceptors (Lipinski definition) is 4. The Labute approximate surface area is 202 Å². The fourth-order valence-corrected chi connectivity index (χ4v) is 6.19. The highest BCUT2D eigenvalue weighted by molar-refractivity contribution is 7.89. The number of aliphatic hydroxyl groups is 1. The maximum absolute atomic E-state index is 15.6. The van der Waals surface area contributed by atoms with Crippen LogP contribution in [-0.4, -0.2) is 54.3 Å². The summed E-state index contributed by atoms with van der Waals surface area (Å²) in [5, 5.41) is 10.5. The van der Waals surface area contributed by atoms with Gasteiger partial charge in [-0.15, -0.1) is 0 Å². The van der Waals surface area contributed by atoms with E-state index < -0.39 is 51.6 Å². The number of carbonyl (C=O) groups is 1. The molecule has 0 bridgehead atoms. The zero-order chi connectivity index (χ0) is 25.1. The number of nitrogens with zero attached hydrogens (tertiary/aromatic N) is 1. The van der Waals surface area contributed by atoms with Crippen LogP contribution in [0.15, 0.2) is 36.4 Å². The lowest BCUT2D eigenvalue weighted by Gasteiger charge is -2.33. The summed E-state index contributed by atoms with van der Waals surface area (Å²) in [5.74, 6) is -3.16. The fraction of sp³-hybridized carbons (Fsp3) is 0.480. The summed E-state index contributed by atoms with van der Waals surface area (Å²) < 4.78 is 70.6. The van der Waals surface area contributed by atoms with Crippen LogP contribution in [0.2, 0.25) is 0 Å². The molecule has 2 aromatic rings. The summed E-state index contributed by atoms with van der Waals surface area (Å²) in [4.78, 5) is 14.8. The fourth-order valence-electron chi connectivity index (χ4n) is 5.28. The van der Waals surface area contributed by atoms with Crippen LogP contribution in [0, 0.1) is 29.3 Å². The molecule has 3 fully saturated rings. The van der Waals surface area contributed by atoms with Gasteiger partial charge in [0.25, 0.3) is 5.91 Å². The van der Waals surface area contributed by atoms with Gasteiger partial charge in [-0.1, -0.05) is 18.2 Å². The first-order valence-corrected chi connectivity index (χ1v) is 13.5. The van der Waals surface area contributed by atoms with Crippen molar-refractivity contribution in [1.82, 2.24) is 9.62 Å². The van der Waals surface area contributed by atoms with Crippen molar-refractivity contribution in [3.63, 3.8) is 0 Å². The maximum atomic E-state index is 15.6. The van der Waals surface area contributed by atoms with E-state index in [2.05, 4.69) is 4.72 Å².